The van der Waals surface area contributed by atoms with E-state index in [2.05, 4.69) is 0 Å². The van der Waals surface area contributed by atoms with Gasteiger partial charge in [-0.3, -0.25) is 0 Å². The zero-order valence-corrected chi connectivity index (χ0v) is 8.21. The lowest BCUT2D eigenvalue weighted by molar-refractivity contribution is 0.251. The lowest BCUT2D eigenvalue weighted by Crippen LogP contribution is -2.07. The van der Waals surface area contributed by atoms with Gasteiger partial charge in [0.05, 0.1) is 6.61 Å². The Labute approximate surface area is 83.9 Å². The maximum absolute atomic E-state index is 12.8. The summed E-state index contributed by atoms with van der Waals surface area (Å²) in [7, 11) is 0. The highest BCUT2D eigenvalue weighted by Crippen LogP contribution is 2.25. The molecule has 1 aliphatic carbocycles. The highest BCUT2D eigenvalue weighted by Gasteiger charge is 2.15. The third kappa shape index (κ3) is 2.47. The number of benzene rings is 1. The summed E-state index contributed by atoms with van der Waals surface area (Å²) in [4.78, 5) is 0. The van der Waals surface area contributed by atoms with Gasteiger partial charge in [0.2, 0.25) is 0 Å². The van der Waals surface area contributed by atoms with Gasteiger partial charge in [-0.2, -0.15) is 0 Å². The van der Waals surface area contributed by atoms with Crippen LogP contribution in [0.25, 0.3) is 0 Å². The van der Waals surface area contributed by atoms with E-state index >= 15 is 0 Å². The van der Waals surface area contributed by atoms with Crippen molar-refractivity contribution in [3.63, 3.8) is 0 Å². The molecule has 0 unspecified atom stereocenters. The Morgan fingerprint density at radius 3 is 2.79 bits per heavy atom. The van der Waals surface area contributed by atoms with Crippen LogP contribution in [0.4, 0.5) is 4.39 Å². The molecule has 0 heterocycles. The standard InChI is InChI=1S/C12H15FO/c13-11-6-3-7-12(8-11)14-9-10-4-1-2-5-10/h3,6-8,10H,1-2,4-5,9H2. The quantitative estimate of drug-likeness (QED) is 0.716. The minimum atomic E-state index is -0.228. The molecule has 0 radical (unpaired) electrons. The monoisotopic (exact) mass is 194 g/mol. The van der Waals surface area contributed by atoms with Crippen molar-refractivity contribution in [3.05, 3.63) is 30.1 Å². The molecule has 0 N–H and O–H groups in total. The maximum atomic E-state index is 12.8. The Hall–Kier alpha value is -1.05. The first-order valence-electron chi connectivity index (χ1n) is 5.23. The van der Waals surface area contributed by atoms with Crippen LogP contribution in [0.3, 0.4) is 0 Å². The molecule has 2 rings (SSSR count). The van der Waals surface area contributed by atoms with Crippen LogP contribution >= 0.6 is 0 Å². The van der Waals surface area contributed by atoms with Gasteiger partial charge in [-0.1, -0.05) is 18.9 Å². The number of ether oxygens (including phenoxy) is 1. The minimum Gasteiger partial charge on any atom is -0.493 e. The number of halogens is 1. The third-order valence-electron chi connectivity index (χ3n) is 2.76. The van der Waals surface area contributed by atoms with Crippen molar-refractivity contribution in [1.29, 1.82) is 0 Å². The third-order valence-corrected chi connectivity index (χ3v) is 2.76. The van der Waals surface area contributed by atoms with Gasteiger partial charge in [0.15, 0.2) is 0 Å². The smallest absolute Gasteiger partial charge is 0.126 e. The van der Waals surface area contributed by atoms with Gasteiger partial charge < -0.3 is 4.74 Å². The van der Waals surface area contributed by atoms with Gasteiger partial charge in [0.25, 0.3) is 0 Å². The van der Waals surface area contributed by atoms with Crippen LogP contribution in [0.2, 0.25) is 0 Å². The minimum absolute atomic E-state index is 0.228. The van der Waals surface area contributed by atoms with Gasteiger partial charge in [-0.25, -0.2) is 4.39 Å². The fourth-order valence-corrected chi connectivity index (χ4v) is 1.95. The SMILES string of the molecule is Fc1cccc(OCC2CCCC2)c1. The van der Waals surface area contributed by atoms with Crippen molar-refractivity contribution >= 4 is 0 Å². The molecule has 1 aliphatic rings. The van der Waals surface area contributed by atoms with E-state index in [-0.39, 0.29) is 5.82 Å². The molecule has 0 saturated heterocycles. The Morgan fingerprint density at radius 1 is 1.29 bits per heavy atom. The van der Waals surface area contributed by atoms with Crippen molar-refractivity contribution in [2.24, 2.45) is 5.92 Å². The van der Waals surface area contributed by atoms with Crippen molar-refractivity contribution in [2.75, 3.05) is 6.61 Å². The van der Waals surface area contributed by atoms with Crippen LogP contribution in [-0.2, 0) is 0 Å². The van der Waals surface area contributed by atoms with E-state index in [4.69, 9.17) is 4.74 Å². The van der Waals surface area contributed by atoms with Crippen LogP contribution in [0.5, 0.6) is 5.75 Å². The van der Waals surface area contributed by atoms with Crippen LogP contribution in [-0.4, -0.2) is 6.61 Å². The maximum Gasteiger partial charge on any atom is 0.126 e. The molecule has 0 atom stereocenters. The molecule has 1 fully saturated rings. The molecule has 0 aliphatic heterocycles. The van der Waals surface area contributed by atoms with E-state index < -0.39 is 0 Å². The van der Waals surface area contributed by atoms with Gasteiger partial charge in [-0.05, 0) is 30.9 Å². The van der Waals surface area contributed by atoms with Crippen LogP contribution < -0.4 is 4.74 Å². The van der Waals surface area contributed by atoms with E-state index in [0.29, 0.717) is 11.7 Å². The molecule has 1 aromatic rings. The molecule has 1 saturated carbocycles. The summed E-state index contributed by atoms with van der Waals surface area (Å²) in [5, 5.41) is 0. The second kappa shape index (κ2) is 4.45. The van der Waals surface area contributed by atoms with Gasteiger partial charge in [0.1, 0.15) is 11.6 Å². The molecule has 14 heavy (non-hydrogen) atoms. The summed E-state index contributed by atoms with van der Waals surface area (Å²) in [5.41, 5.74) is 0. The largest absolute Gasteiger partial charge is 0.493 e. The second-order valence-corrected chi connectivity index (χ2v) is 3.92. The molecule has 0 spiro atoms. The predicted octanol–water partition coefficient (Wildman–Crippen LogP) is 3.39. The summed E-state index contributed by atoms with van der Waals surface area (Å²) in [6.45, 7) is 0.740. The van der Waals surface area contributed by atoms with E-state index in [1.165, 1.54) is 37.8 Å². The van der Waals surface area contributed by atoms with Crippen molar-refractivity contribution in [1.82, 2.24) is 0 Å². The second-order valence-electron chi connectivity index (χ2n) is 3.92. The van der Waals surface area contributed by atoms with E-state index in [0.717, 1.165) is 6.61 Å². The first-order valence-corrected chi connectivity index (χ1v) is 5.23. The Bertz CT molecular complexity index is 292. The van der Waals surface area contributed by atoms with Crippen LogP contribution in [0.15, 0.2) is 24.3 Å². The van der Waals surface area contributed by atoms with Gasteiger partial charge in [0, 0.05) is 6.07 Å². The molecule has 76 valence electrons. The Balaban J connectivity index is 1.85. The molecule has 1 aromatic carbocycles. The number of hydrogen-bond acceptors (Lipinski definition) is 1. The lowest BCUT2D eigenvalue weighted by Gasteiger charge is -2.10. The fourth-order valence-electron chi connectivity index (χ4n) is 1.95. The first-order chi connectivity index (χ1) is 6.84. The summed E-state index contributed by atoms with van der Waals surface area (Å²) in [6, 6.07) is 6.36. The summed E-state index contributed by atoms with van der Waals surface area (Å²) < 4.78 is 18.3. The van der Waals surface area contributed by atoms with Gasteiger partial charge in [-0.15, -0.1) is 0 Å². The van der Waals surface area contributed by atoms with Gasteiger partial charge >= 0.3 is 0 Å². The Kier molecular flexibility index (Phi) is 3.02. The summed E-state index contributed by atoms with van der Waals surface area (Å²) in [5.74, 6) is 1.10. The number of hydrogen-bond donors (Lipinski definition) is 0. The molecular formula is C12H15FO. The normalized spacial score (nSPS) is 17.2. The molecule has 1 nitrogen and oxygen atoms in total. The van der Waals surface area contributed by atoms with Crippen molar-refractivity contribution in [3.8, 4) is 5.75 Å². The highest BCUT2D eigenvalue weighted by atomic mass is 19.1. The zero-order chi connectivity index (χ0) is 9.80. The summed E-state index contributed by atoms with van der Waals surface area (Å²) in [6.07, 6.45) is 5.15. The summed E-state index contributed by atoms with van der Waals surface area (Å²) >= 11 is 0. The average Bonchev–Trinajstić information content (AvgIpc) is 2.67. The zero-order valence-electron chi connectivity index (χ0n) is 8.21. The number of rotatable bonds is 3. The van der Waals surface area contributed by atoms with E-state index in [1.54, 1.807) is 12.1 Å². The lowest BCUT2D eigenvalue weighted by atomic mass is 10.1. The fraction of sp³-hybridized carbons (Fsp3) is 0.500. The topological polar surface area (TPSA) is 9.23 Å². The molecule has 2 heteroatoms. The highest BCUT2D eigenvalue weighted by molar-refractivity contribution is 5.22. The molecule has 0 aromatic heterocycles. The molecule has 0 bridgehead atoms. The van der Waals surface area contributed by atoms with Crippen molar-refractivity contribution < 1.29 is 9.13 Å². The molecular weight excluding hydrogens is 179 g/mol. The van der Waals surface area contributed by atoms with Crippen LogP contribution in [0, 0.1) is 11.7 Å². The van der Waals surface area contributed by atoms with E-state index in [9.17, 15) is 4.39 Å². The predicted molar refractivity (Wildman–Crippen MR) is 53.9 cm³/mol. The van der Waals surface area contributed by atoms with Crippen molar-refractivity contribution in [2.45, 2.75) is 25.7 Å². The first kappa shape index (κ1) is 9.50. The van der Waals surface area contributed by atoms with E-state index in [1.807, 2.05) is 0 Å². The van der Waals surface area contributed by atoms with Crippen LogP contribution in [0.1, 0.15) is 25.7 Å². The Morgan fingerprint density at radius 2 is 2.07 bits per heavy atom. The molecule has 0 amide bonds. The average molecular weight is 194 g/mol.